The van der Waals surface area contributed by atoms with E-state index in [9.17, 15) is 14.4 Å². The molecule has 1 aliphatic heterocycles. The van der Waals surface area contributed by atoms with Crippen molar-refractivity contribution in [3.05, 3.63) is 59.7 Å². The van der Waals surface area contributed by atoms with Gasteiger partial charge < -0.3 is 25.2 Å². The van der Waals surface area contributed by atoms with Crippen molar-refractivity contribution in [2.45, 2.75) is 49.7 Å². The van der Waals surface area contributed by atoms with Gasteiger partial charge in [-0.15, -0.1) is 0 Å². The van der Waals surface area contributed by atoms with Crippen LogP contribution in [0, 0.1) is 5.92 Å². The van der Waals surface area contributed by atoms with Gasteiger partial charge in [0.2, 0.25) is 5.91 Å². The van der Waals surface area contributed by atoms with Crippen LogP contribution >= 0.6 is 0 Å². The van der Waals surface area contributed by atoms with Gasteiger partial charge in [0.05, 0.1) is 18.6 Å². The molecular formula is C27H30N2O6. The monoisotopic (exact) mass is 478 g/mol. The number of benzene rings is 2. The number of alkyl carbamates (subject to hydrolysis) is 1. The van der Waals surface area contributed by atoms with Crippen LogP contribution in [0.3, 0.4) is 0 Å². The number of aliphatic carboxylic acids is 1. The van der Waals surface area contributed by atoms with Gasteiger partial charge in [-0.05, 0) is 41.5 Å². The van der Waals surface area contributed by atoms with Crippen LogP contribution in [0.4, 0.5) is 4.79 Å². The van der Waals surface area contributed by atoms with Crippen LogP contribution in [0.25, 0.3) is 11.1 Å². The number of carboxylic acids is 1. The zero-order chi connectivity index (χ0) is 24.4. The number of carboxylic acid groups (broad SMARTS) is 1. The summed E-state index contributed by atoms with van der Waals surface area (Å²) in [7, 11) is 0. The molecular weight excluding hydrogens is 448 g/mol. The summed E-state index contributed by atoms with van der Waals surface area (Å²) in [5.74, 6) is -1.76. The molecule has 35 heavy (non-hydrogen) atoms. The van der Waals surface area contributed by atoms with Crippen molar-refractivity contribution in [1.29, 1.82) is 0 Å². The zero-order valence-corrected chi connectivity index (χ0v) is 19.5. The summed E-state index contributed by atoms with van der Waals surface area (Å²) in [6, 6.07) is 16.3. The molecule has 0 radical (unpaired) electrons. The molecule has 0 spiro atoms. The predicted molar refractivity (Wildman–Crippen MR) is 128 cm³/mol. The number of carbonyl (C=O) groups excluding carboxylic acids is 2. The number of fused-ring (bicyclic) bond motifs is 3. The number of amides is 2. The Morgan fingerprint density at radius 1 is 1.00 bits per heavy atom. The lowest BCUT2D eigenvalue weighted by atomic mass is 9.96. The molecule has 8 nitrogen and oxygen atoms in total. The highest BCUT2D eigenvalue weighted by atomic mass is 16.5. The second-order valence-electron chi connectivity index (χ2n) is 9.68. The van der Waals surface area contributed by atoms with Crippen LogP contribution in [0.2, 0.25) is 0 Å². The first-order chi connectivity index (χ1) is 17.0. The van der Waals surface area contributed by atoms with Gasteiger partial charge in [0.1, 0.15) is 12.1 Å². The lowest BCUT2D eigenvalue weighted by Crippen LogP contribution is -2.58. The SMILES string of the molecule is O=C(NC1(C(=O)NCC2CC(C(=O)O)CO2)CCCC1)OCC1c2ccccc2-c2ccccc21. The molecule has 0 bridgehead atoms. The second kappa shape index (κ2) is 9.70. The summed E-state index contributed by atoms with van der Waals surface area (Å²) in [5, 5.41) is 14.9. The van der Waals surface area contributed by atoms with E-state index >= 15 is 0 Å². The fraction of sp³-hybridized carbons (Fsp3) is 0.444. The third-order valence-corrected chi connectivity index (χ3v) is 7.50. The topological polar surface area (TPSA) is 114 Å². The average molecular weight is 479 g/mol. The Morgan fingerprint density at radius 3 is 2.23 bits per heavy atom. The zero-order valence-electron chi connectivity index (χ0n) is 19.5. The Morgan fingerprint density at radius 2 is 1.63 bits per heavy atom. The molecule has 2 aromatic rings. The molecule has 8 heteroatoms. The molecule has 2 atom stereocenters. The summed E-state index contributed by atoms with van der Waals surface area (Å²) in [6.07, 6.45) is 2.15. The van der Waals surface area contributed by atoms with Gasteiger partial charge in [-0.1, -0.05) is 61.4 Å². The molecule has 0 aromatic heterocycles. The predicted octanol–water partition coefficient (Wildman–Crippen LogP) is 3.44. The molecule has 5 rings (SSSR count). The van der Waals surface area contributed by atoms with Crippen molar-refractivity contribution < 1.29 is 29.0 Å². The van der Waals surface area contributed by atoms with E-state index in [2.05, 4.69) is 34.9 Å². The van der Waals surface area contributed by atoms with E-state index in [1.165, 1.54) is 0 Å². The maximum atomic E-state index is 13.1. The average Bonchev–Trinajstić information content (AvgIpc) is 3.60. The molecule has 3 N–H and O–H groups in total. The Labute approximate surface area is 204 Å². The highest BCUT2D eigenvalue weighted by Crippen LogP contribution is 2.44. The Balaban J connectivity index is 1.20. The molecule has 2 aromatic carbocycles. The van der Waals surface area contributed by atoms with Crippen LogP contribution in [0.1, 0.15) is 49.1 Å². The van der Waals surface area contributed by atoms with Gasteiger partial charge in [0.25, 0.3) is 0 Å². The minimum absolute atomic E-state index is 0.0526. The van der Waals surface area contributed by atoms with E-state index in [4.69, 9.17) is 14.6 Å². The Hall–Kier alpha value is -3.39. The first-order valence-corrected chi connectivity index (χ1v) is 12.2. The van der Waals surface area contributed by atoms with Crippen LogP contribution in [-0.2, 0) is 19.1 Å². The third-order valence-electron chi connectivity index (χ3n) is 7.50. The minimum atomic E-state index is -1.02. The number of rotatable bonds is 7. The summed E-state index contributed by atoms with van der Waals surface area (Å²) < 4.78 is 11.2. The molecule has 2 fully saturated rings. The number of nitrogens with one attached hydrogen (secondary N) is 2. The van der Waals surface area contributed by atoms with Crippen LogP contribution in [0.5, 0.6) is 0 Å². The van der Waals surface area contributed by atoms with Gasteiger partial charge in [-0.25, -0.2) is 4.79 Å². The van der Waals surface area contributed by atoms with E-state index < -0.39 is 23.5 Å². The second-order valence-corrected chi connectivity index (χ2v) is 9.68. The fourth-order valence-electron chi connectivity index (χ4n) is 5.61. The molecule has 3 aliphatic rings. The van der Waals surface area contributed by atoms with E-state index in [1.807, 2.05) is 24.3 Å². The molecule has 1 saturated heterocycles. The first kappa shape index (κ1) is 23.4. The molecule has 184 valence electrons. The lowest BCUT2D eigenvalue weighted by molar-refractivity contribution is -0.141. The normalized spacial score (nSPS) is 22.3. The quantitative estimate of drug-likeness (QED) is 0.562. The summed E-state index contributed by atoms with van der Waals surface area (Å²) in [5.41, 5.74) is 3.55. The van der Waals surface area contributed by atoms with Gasteiger partial charge in [0, 0.05) is 12.5 Å². The van der Waals surface area contributed by atoms with E-state index in [0.29, 0.717) is 19.3 Å². The van der Waals surface area contributed by atoms with Crippen LogP contribution in [0.15, 0.2) is 48.5 Å². The first-order valence-electron chi connectivity index (χ1n) is 12.2. The van der Waals surface area contributed by atoms with Crippen molar-refractivity contribution in [1.82, 2.24) is 10.6 Å². The number of hydrogen-bond donors (Lipinski definition) is 3. The molecule has 1 heterocycles. The molecule has 2 aliphatic carbocycles. The maximum Gasteiger partial charge on any atom is 0.408 e. The van der Waals surface area contributed by atoms with Gasteiger partial charge >= 0.3 is 12.1 Å². The largest absolute Gasteiger partial charge is 0.481 e. The number of carbonyl (C=O) groups is 3. The fourth-order valence-corrected chi connectivity index (χ4v) is 5.61. The summed E-state index contributed by atoms with van der Waals surface area (Å²) in [6.45, 7) is 0.555. The van der Waals surface area contributed by atoms with Crippen molar-refractivity contribution in [2.24, 2.45) is 5.92 Å². The lowest BCUT2D eigenvalue weighted by Gasteiger charge is -2.29. The van der Waals surface area contributed by atoms with Gasteiger partial charge in [-0.3, -0.25) is 9.59 Å². The van der Waals surface area contributed by atoms with E-state index in [1.54, 1.807) is 0 Å². The van der Waals surface area contributed by atoms with Gasteiger partial charge in [0.15, 0.2) is 0 Å². The molecule has 2 amide bonds. The summed E-state index contributed by atoms with van der Waals surface area (Å²) >= 11 is 0. The van der Waals surface area contributed by atoms with Crippen molar-refractivity contribution in [2.75, 3.05) is 19.8 Å². The third kappa shape index (κ3) is 4.62. The highest BCUT2D eigenvalue weighted by Gasteiger charge is 2.43. The smallest absolute Gasteiger partial charge is 0.408 e. The van der Waals surface area contributed by atoms with E-state index in [0.717, 1.165) is 35.1 Å². The van der Waals surface area contributed by atoms with Crippen LogP contribution in [-0.4, -0.2) is 54.5 Å². The van der Waals surface area contributed by atoms with E-state index in [-0.39, 0.29) is 37.7 Å². The number of ether oxygens (including phenoxy) is 2. The molecule has 1 saturated carbocycles. The number of hydrogen-bond acceptors (Lipinski definition) is 5. The minimum Gasteiger partial charge on any atom is -0.481 e. The van der Waals surface area contributed by atoms with Crippen molar-refractivity contribution in [3.63, 3.8) is 0 Å². The summed E-state index contributed by atoms with van der Waals surface area (Å²) in [4.78, 5) is 37.1. The maximum absolute atomic E-state index is 13.1. The van der Waals surface area contributed by atoms with Crippen molar-refractivity contribution >= 4 is 18.0 Å². The van der Waals surface area contributed by atoms with Gasteiger partial charge in [-0.2, -0.15) is 0 Å². The van der Waals surface area contributed by atoms with Crippen molar-refractivity contribution in [3.8, 4) is 11.1 Å². The van der Waals surface area contributed by atoms with Crippen LogP contribution < -0.4 is 10.6 Å². The molecule has 2 unspecified atom stereocenters. The Bertz CT molecular complexity index is 1080. The highest BCUT2D eigenvalue weighted by molar-refractivity contribution is 5.90. The standard InChI is InChI=1S/C27H30N2O6/c30-24(31)17-13-18(34-15-17)14-28-25(32)27(11-5-6-12-27)29-26(33)35-16-23-21-9-3-1-7-19(21)20-8-2-4-10-22(20)23/h1-4,7-10,17-18,23H,5-6,11-16H2,(H,28,32)(H,29,33)(H,30,31). The Kier molecular flexibility index (Phi) is 6.47.